The fourth-order valence-corrected chi connectivity index (χ4v) is 4.79. The summed E-state index contributed by atoms with van der Waals surface area (Å²) in [5.74, 6) is 0.458. The van der Waals surface area contributed by atoms with Crippen molar-refractivity contribution in [1.29, 1.82) is 0 Å². The molecule has 2 nitrogen and oxygen atoms in total. The number of amides is 1. The summed E-state index contributed by atoms with van der Waals surface area (Å²) in [5.41, 5.74) is 6.17. The third-order valence-electron chi connectivity index (χ3n) is 5.75. The van der Waals surface area contributed by atoms with E-state index >= 15 is 0 Å². The summed E-state index contributed by atoms with van der Waals surface area (Å²) in [4.78, 5) is 13.1. The monoisotopic (exact) mass is 359 g/mol. The van der Waals surface area contributed by atoms with Crippen molar-refractivity contribution in [2.24, 2.45) is 5.92 Å². The van der Waals surface area contributed by atoms with Crippen molar-refractivity contribution in [3.63, 3.8) is 0 Å². The van der Waals surface area contributed by atoms with Crippen LogP contribution < -0.4 is 5.32 Å². The van der Waals surface area contributed by atoms with Gasteiger partial charge >= 0.3 is 0 Å². The van der Waals surface area contributed by atoms with E-state index in [0.717, 1.165) is 12.1 Å². The van der Waals surface area contributed by atoms with Crippen LogP contribution in [0.5, 0.6) is 0 Å². The second-order valence-corrected chi connectivity index (χ2v) is 7.56. The quantitative estimate of drug-likeness (QED) is 0.636. The molecule has 0 saturated heterocycles. The number of carbonyl (C=O) groups is 1. The Hall–Kier alpha value is -2.58. The van der Waals surface area contributed by atoms with Gasteiger partial charge in [0.15, 0.2) is 0 Å². The van der Waals surface area contributed by atoms with Crippen molar-refractivity contribution in [2.45, 2.75) is 18.3 Å². The average Bonchev–Trinajstić information content (AvgIpc) is 2.69. The molecule has 2 bridgehead atoms. The van der Waals surface area contributed by atoms with Crippen LogP contribution in [0.1, 0.15) is 40.5 Å². The van der Waals surface area contributed by atoms with Gasteiger partial charge < -0.3 is 5.32 Å². The third-order valence-corrected chi connectivity index (χ3v) is 6.01. The largest absolute Gasteiger partial charge is 0.326 e. The highest BCUT2D eigenvalue weighted by Gasteiger charge is 2.45. The number of nitrogens with one attached hydrogen (secondary N) is 1. The van der Waals surface area contributed by atoms with Crippen LogP contribution in [-0.4, -0.2) is 5.91 Å². The van der Waals surface area contributed by atoms with Crippen LogP contribution in [0, 0.1) is 5.92 Å². The maximum Gasteiger partial charge on any atom is 0.228 e. The van der Waals surface area contributed by atoms with Crippen LogP contribution in [0.4, 0.5) is 5.69 Å². The standard InChI is InChI=1S/C23H18ClNO/c24-14-9-11-15(12-10-14)25-23(26)21-13-20-16-5-1-3-7-18(16)22(21)19-8-4-2-6-17(19)20/h1-12,20-22H,13H2,(H,25,26)/t20?,21-,22?/m1/s1. The first kappa shape index (κ1) is 15.7. The molecule has 0 unspecified atom stereocenters. The van der Waals surface area contributed by atoms with Gasteiger partial charge in [0.1, 0.15) is 0 Å². The number of hydrogen-bond donors (Lipinski definition) is 1. The first-order valence-electron chi connectivity index (χ1n) is 8.96. The minimum Gasteiger partial charge on any atom is -0.326 e. The van der Waals surface area contributed by atoms with Crippen LogP contribution in [0.25, 0.3) is 0 Å². The number of carbonyl (C=O) groups excluding carboxylic acids is 1. The zero-order valence-corrected chi connectivity index (χ0v) is 14.9. The topological polar surface area (TPSA) is 29.1 Å². The molecule has 0 aliphatic heterocycles. The summed E-state index contributed by atoms with van der Waals surface area (Å²) in [6, 6.07) is 24.5. The lowest BCUT2D eigenvalue weighted by Crippen LogP contribution is -2.38. The summed E-state index contributed by atoms with van der Waals surface area (Å²) in [6.07, 6.45) is 0.859. The summed E-state index contributed by atoms with van der Waals surface area (Å²) >= 11 is 5.95. The van der Waals surface area contributed by atoms with Gasteiger partial charge in [0.25, 0.3) is 0 Å². The molecule has 1 atom stereocenters. The number of fused-ring (bicyclic) bond motifs is 1. The fraction of sp³-hybridized carbons (Fsp3) is 0.174. The van der Waals surface area contributed by atoms with Gasteiger partial charge in [-0.2, -0.15) is 0 Å². The van der Waals surface area contributed by atoms with E-state index in [4.69, 9.17) is 11.6 Å². The van der Waals surface area contributed by atoms with Crippen molar-refractivity contribution in [3.8, 4) is 0 Å². The molecule has 3 heteroatoms. The summed E-state index contributed by atoms with van der Waals surface area (Å²) in [7, 11) is 0. The molecule has 0 heterocycles. The summed E-state index contributed by atoms with van der Waals surface area (Å²) in [5, 5.41) is 3.76. The van der Waals surface area contributed by atoms with Gasteiger partial charge in [0.2, 0.25) is 5.91 Å². The SMILES string of the molecule is O=C(Nc1ccc(Cl)cc1)[C@@H]1CC2c3ccccc3C1c1ccccc12. The predicted molar refractivity (Wildman–Crippen MR) is 105 cm³/mol. The molecule has 0 radical (unpaired) electrons. The lowest BCUT2D eigenvalue weighted by Gasteiger charge is -2.44. The molecule has 3 aliphatic carbocycles. The molecule has 0 fully saturated rings. The first-order valence-corrected chi connectivity index (χ1v) is 9.34. The van der Waals surface area contributed by atoms with Crippen LogP contribution in [0.15, 0.2) is 72.8 Å². The fourth-order valence-electron chi connectivity index (χ4n) is 4.66. The molecule has 1 N–H and O–H groups in total. The Bertz CT molecular complexity index is 948. The minimum atomic E-state index is -0.0551. The van der Waals surface area contributed by atoms with Crippen LogP contribution >= 0.6 is 11.6 Å². The van der Waals surface area contributed by atoms with Gasteiger partial charge in [-0.3, -0.25) is 4.79 Å². The van der Waals surface area contributed by atoms with Gasteiger partial charge in [0.05, 0.1) is 5.92 Å². The minimum absolute atomic E-state index is 0.0551. The molecule has 3 aromatic rings. The van der Waals surface area contributed by atoms with E-state index in [1.54, 1.807) is 12.1 Å². The van der Waals surface area contributed by atoms with Crippen molar-refractivity contribution >= 4 is 23.2 Å². The Morgan fingerprint density at radius 1 is 0.808 bits per heavy atom. The van der Waals surface area contributed by atoms with Crippen LogP contribution in [0.3, 0.4) is 0 Å². The molecule has 3 aromatic carbocycles. The van der Waals surface area contributed by atoms with Gasteiger partial charge in [0, 0.05) is 22.5 Å². The van der Waals surface area contributed by atoms with Crippen LogP contribution in [0.2, 0.25) is 5.02 Å². The van der Waals surface area contributed by atoms with Crippen molar-refractivity contribution < 1.29 is 4.79 Å². The first-order chi connectivity index (χ1) is 12.7. The van der Waals surface area contributed by atoms with Gasteiger partial charge in [-0.15, -0.1) is 0 Å². The van der Waals surface area contributed by atoms with Crippen molar-refractivity contribution in [1.82, 2.24) is 0 Å². The number of rotatable bonds is 2. The van der Waals surface area contributed by atoms with Crippen molar-refractivity contribution in [2.75, 3.05) is 5.32 Å². The van der Waals surface area contributed by atoms with E-state index in [0.29, 0.717) is 10.9 Å². The van der Waals surface area contributed by atoms with E-state index in [-0.39, 0.29) is 17.7 Å². The molecule has 0 aromatic heterocycles. The second kappa shape index (κ2) is 6.00. The molecular weight excluding hydrogens is 342 g/mol. The lowest BCUT2D eigenvalue weighted by molar-refractivity contribution is -0.121. The maximum absolute atomic E-state index is 13.1. The molecule has 128 valence electrons. The smallest absolute Gasteiger partial charge is 0.228 e. The normalized spacial score (nSPS) is 22.4. The third kappa shape index (κ3) is 2.37. The lowest BCUT2D eigenvalue weighted by atomic mass is 9.59. The molecule has 26 heavy (non-hydrogen) atoms. The molecule has 6 rings (SSSR count). The molecule has 0 spiro atoms. The number of halogens is 1. The van der Waals surface area contributed by atoms with Crippen molar-refractivity contribution in [3.05, 3.63) is 100 Å². The summed E-state index contributed by atoms with van der Waals surface area (Å²) in [6.45, 7) is 0. The molecule has 1 amide bonds. The number of benzene rings is 3. The van der Waals surface area contributed by atoms with Gasteiger partial charge in [-0.1, -0.05) is 60.1 Å². The molecular formula is C23H18ClNO. The van der Waals surface area contributed by atoms with E-state index in [9.17, 15) is 4.79 Å². The average molecular weight is 360 g/mol. The predicted octanol–water partition coefficient (Wildman–Crippen LogP) is 5.58. The molecule has 0 saturated carbocycles. The van der Waals surface area contributed by atoms with E-state index < -0.39 is 0 Å². The Balaban J connectivity index is 1.54. The second-order valence-electron chi connectivity index (χ2n) is 7.13. The zero-order chi connectivity index (χ0) is 17.7. The van der Waals surface area contributed by atoms with Gasteiger partial charge in [-0.05, 0) is 52.9 Å². The van der Waals surface area contributed by atoms with E-state index in [1.807, 2.05) is 12.1 Å². The van der Waals surface area contributed by atoms with Crippen LogP contribution in [-0.2, 0) is 4.79 Å². The zero-order valence-electron chi connectivity index (χ0n) is 14.2. The number of hydrogen-bond acceptors (Lipinski definition) is 1. The molecule has 3 aliphatic rings. The highest BCUT2D eigenvalue weighted by Crippen LogP contribution is 2.55. The Kier molecular flexibility index (Phi) is 3.61. The Morgan fingerprint density at radius 3 is 1.92 bits per heavy atom. The highest BCUT2D eigenvalue weighted by atomic mass is 35.5. The van der Waals surface area contributed by atoms with Gasteiger partial charge in [-0.25, -0.2) is 0 Å². The summed E-state index contributed by atoms with van der Waals surface area (Å²) < 4.78 is 0. The Labute approximate surface area is 157 Å². The Morgan fingerprint density at radius 2 is 1.35 bits per heavy atom. The van der Waals surface area contributed by atoms with E-state index in [2.05, 4.69) is 53.8 Å². The highest BCUT2D eigenvalue weighted by molar-refractivity contribution is 6.30. The number of anilines is 1. The maximum atomic E-state index is 13.1. The van der Waals surface area contributed by atoms with E-state index in [1.165, 1.54) is 22.3 Å².